The monoisotopic (exact) mass is 402 g/mol. The Bertz CT molecular complexity index is 941. The first-order valence-corrected chi connectivity index (χ1v) is 10.3. The molecule has 1 aliphatic rings. The second-order valence-electron chi connectivity index (χ2n) is 7.45. The van der Waals surface area contributed by atoms with Crippen molar-refractivity contribution < 1.29 is 4.79 Å². The van der Waals surface area contributed by atoms with Gasteiger partial charge in [0.25, 0.3) is 5.91 Å². The third-order valence-electron chi connectivity index (χ3n) is 5.63. The molecule has 0 saturated carbocycles. The number of carbonyl (C=O) groups excluding carboxylic acids is 1. The summed E-state index contributed by atoms with van der Waals surface area (Å²) < 4.78 is 0. The van der Waals surface area contributed by atoms with Crippen molar-refractivity contribution in [3.8, 4) is 0 Å². The number of piperazine rings is 1. The number of rotatable bonds is 6. The average Bonchev–Trinajstić information content (AvgIpc) is 2.79. The summed E-state index contributed by atoms with van der Waals surface area (Å²) in [6.45, 7) is 11.4. The van der Waals surface area contributed by atoms with Crippen molar-refractivity contribution >= 4 is 17.2 Å². The molecule has 0 radical (unpaired) electrons. The van der Waals surface area contributed by atoms with Crippen LogP contribution in [-0.2, 0) is 0 Å². The number of pyridine rings is 1. The van der Waals surface area contributed by atoms with Gasteiger partial charge >= 0.3 is 0 Å². The molecule has 2 heterocycles. The number of para-hydroxylation sites is 1. The first kappa shape index (κ1) is 21.5. The average molecular weight is 403 g/mol. The number of aromatic nitrogens is 1. The Kier molecular flexibility index (Phi) is 7.20. The molecule has 1 unspecified atom stereocenters. The largest absolute Gasteiger partial charge is 0.398 e. The van der Waals surface area contributed by atoms with Crippen molar-refractivity contribution in [2.75, 3.05) is 31.9 Å². The summed E-state index contributed by atoms with van der Waals surface area (Å²) in [5, 5.41) is 0. The van der Waals surface area contributed by atoms with Gasteiger partial charge in [0.05, 0.1) is 11.3 Å². The van der Waals surface area contributed by atoms with E-state index in [9.17, 15) is 4.79 Å². The van der Waals surface area contributed by atoms with Crippen molar-refractivity contribution in [1.82, 2.24) is 14.8 Å². The van der Waals surface area contributed by atoms with Crippen LogP contribution in [0, 0.1) is 0 Å². The molecule has 1 amide bonds. The van der Waals surface area contributed by atoms with E-state index in [0.29, 0.717) is 24.3 Å². The lowest BCUT2D eigenvalue weighted by Crippen LogP contribution is -2.51. The molecule has 5 nitrogen and oxygen atoms in total. The van der Waals surface area contributed by atoms with E-state index in [2.05, 4.69) is 42.5 Å². The number of amides is 1. The fourth-order valence-electron chi connectivity index (χ4n) is 3.70. The molecular weight excluding hydrogens is 372 g/mol. The SMILES string of the molecule is C=C(/C=C\C(=C/C)C(C)N1CCN(C(=O)c2ccccc2N)CC1)c1ccccn1. The van der Waals surface area contributed by atoms with Gasteiger partial charge in [0.2, 0.25) is 0 Å². The standard InChI is InChI=1S/C25H30N4O/c1-4-21(13-12-19(2)24-11-7-8-14-27-24)20(3)28-15-17-29(18-16-28)25(30)22-9-5-6-10-23(22)26/h4-14,20H,2,15-18,26H2,1,3H3/b13-12-,21-4+. The summed E-state index contributed by atoms with van der Waals surface area (Å²) in [4.78, 5) is 21.4. The van der Waals surface area contributed by atoms with Gasteiger partial charge < -0.3 is 10.6 Å². The Hall–Kier alpha value is -3.18. The fourth-order valence-corrected chi connectivity index (χ4v) is 3.70. The molecule has 5 heteroatoms. The minimum Gasteiger partial charge on any atom is -0.398 e. The third-order valence-corrected chi connectivity index (χ3v) is 5.63. The number of nitrogens with zero attached hydrogens (tertiary/aromatic N) is 3. The topological polar surface area (TPSA) is 62.5 Å². The maximum Gasteiger partial charge on any atom is 0.256 e. The van der Waals surface area contributed by atoms with Gasteiger partial charge in [0, 0.05) is 44.1 Å². The van der Waals surface area contributed by atoms with E-state index in [1.165, 1.54) is 5.57 Å². The first-order valence-electron chi connectivity index (χ1n) is 10.3. The van der Waals surface area contributed by atoms with Crippen LogP contribution >= 0.6 is 0 Å². The summed E-state index contributed by atoms with van der Waals surface area (Å²) >= 11 is 0. The molecule has 0 spiro atoms. The van der Waals surface area contributed by atoms with Gasteiger partial charge in [-0.25, -0.2) is 0 Å². The van der Waals surface area contributed by atoms with Gasteiger partial charge in [-0.3, -0.25) is 14.7 Å². The molecule has 1 aliphatic heterocycles. The number of allylic oxidation sites excluding steroid dienone is 3. The van der Waals surface area contributed by atoms with E-state index in [-0.39, 0.29) is 11.9 Å². The molecule has 2 aromatic rings. The van der Waals surface area contributed by atoms with E-state index in [1.807, 2.05) is 41.3 Å². The van der Waals surface area contributed by atoms with Gasteiger partial charge in [-0.1, -0.05) is 43.0 Å². The smallest absolute Gasteiger partial charge is 0.256 e. The number of hydrogen-bond donors (Lipinski definition) is 1. The normalized spacial score (nSPS) is 16.6. The number of benzene rings is 1. The third kappa shape index (κ3) is 5.05. The number of carbonyl (C=O) groups is 1. The van der Waals surface area contributed by atoms with Crippen LogP contribution in [-0.4, -0.2) is 52.9 Å². The van der Waals surface area contributed by atoms with E-state index < -0.39 is 0 Å². The first-order chi connectivity index (χ1) is 14.5. The van der Waals surface area contributed by atoms with Crippen molar-refractivity contribution in [3.05, 3.63) is 90.3 Å². The van der Waals surface area contributed by atoms with Crippen LogP contribution in [0.25, 0.3) is 5.57 Å². The minimum atomic E-state index is 0.0122. The summed E-state index contributed by atoms with van der Waals surface area (Å²) in [6, 6.07) is 13.3. The second kappa shape index (κ2) is 10.0. The molecule has 1 saturated heterocycles. The maximum absolute atomic E-state index is 12.8. The molecule has 1 aromatic heterocycles. The highest BCUT2D eigenvalue weighted by Gasteiger charge is 2.26. The molecule has 2 N–H and O–H groups in total. The van der Waals surface area contributed by atoms with Crippen LogP contribution in [0.1, 0.15) is 29.9 Å². The van der Waals surface area contributed by atoms with Crippen LogP contribution in [0.15, 0.2) is 79.0 Å². The lowest BCUT2D eigenvalue weighted by atomic mass is 10.0. The Morgan fingerprint density at radius 3 is 2.43 bits per heavy atom. The fraction of sp³-hybridized carbons (Fsp3) is 0.280. The van der Waals surface area contributed by atoms with Crippen molar-refractivity contribution in [2.24, 2.45) is 0 Å². The lowest BCUT2D eigenvalue weighted by Gasteiger charge is -2.38. The zero-order chi connectivity index (χ0) is 21.5. The van der Waals surface area contributed by atoms with Crippen LogP contribution < -0.4 is 5.73 Å². The van der Waals surface area contributed by atoms with Crippen LogP contribution in [0.5, 0.6) is 0 Å². The van der Waals surface area contributed by atoms with Crippen molar-refractivity contribution in [2.45, 2.75) is 19.9 Å². The molecule has 1 atom stereocenters. The van der Waals surface area contributed by atoms with Crippen molar-refractivity contribution in [3.63, 3.8) is 0 Å². The highest BCUT2D eigenvalue weighted by Crippen LogP contribution is 2.19. The predicted molar refractivity (Wildman–Crippen MR) is 124 cm³/mol. The van der Waals surface area contributed by atoms with Gasteiger partial charge in [0.15, 0.2) is 0 Å². The number of anilines is 1. The Balaban J connectivity index is 1.59. The zero-order valence-corrected chi connectivity index (χ0v) is 17.8. The Morgan fingerprint density at radius 1 is 1.10 bits per heavy atom. The van der Waals surface area contributed by atoms with E-state index in [0.717, 1.165) is 24.4 Å². The Morgan fingerprint density at radius 2 is 1.80 bits per heavy atom. The highest BCUT2D eigenvalue weighted by molar-refractivity contribution is 5.99. The molecule has 156 valence electrons. The van der Waals surface area contributed by atoms with Gasteiger partial charge in [-0.15, -0.1) is 0 Å². The number of nitrogens with two attached hydrogens (primary N) is 1. The number of nitrogen functional groups attached to an aromatic ring is 1. The zero-order valence-electron chi connectivity index (χ0n) is 17.8. The van der Waals surface area contributed by atoms with E-state index in [1.54, 1.807) is 18.3 Å². The summed E-state index contributed by atoms with van der Waals surface area (Å²) in [5.74, 6) is 0.0122. The predicted octanol–water partition coefficient (Wildman–Crippen LogP) is 4.03. The summed E-state index contributed by atoms with van der Waals surface area (Å²) in [5.41, 5.74) is 10.1. The summed E-state index contributed by atoms with van der Waals surface area (Å²) in [6.07, 6.45) is 8.04. The lowest BCUT2D eigenvalue weighted by molar-refractivity contribution is 0.0608. The van der Waals surface area contributed by atoms with Gasteiger partial charge in [0.1, 0.15) is 0 Å². The van der Waals surface area contributed by atoms with Crippen molar-refractivity contribution in [1.29, 1.82) is 0 Å². The Labute approximate surface area is 179 Å². The molecule has 1 fully saturated rings. The van der Waals surface area contributed by atoms with E-state index >= 15 is 0 Å². The van der Waals surface area contributed by atoms with E-state index in [4.69, 9.17) is 5.73 Å². The summed E-state index contributed by atoms with van der Waals surface area (Å²) in [7, 11) is 0. The quantitative estimate of drug-likeness (QED) is 0.585. The molecular formula is C25H30N4O. The molecule has 30 heavy (non-hydrogen) atoms. The molecule has 1 aromatic carbocycles. The maximum atomic E-state index is 12.8. The van der Waals surface area contributed by atoms with Crippen LogP contribution in [0.4, 0.5) is 5.69 Å². The highest BCUT2D eigenvalue weighted by atomic mass is 16.2. The number of hydrogen-bond acceptors (Lipinski definition) is 4. The van der Waals surface area contributed by atoms with Crippen LogP contribution in [0.2, 0.25) is 0 Å². The van der Waals surface area contributed by atoms with Gasteiger partial charge in [-0.05, 0) is 49.3 Å². The van der Waals surface area contributed by atoms with Gasteiger partial charge in [-0.2, -0.15) is 0 Å². The molecule has 3 rings (SSSR count). The molecule has 0 aliphatic carbocycles. The minimum absolute atomic E-state index is 0.0122. The molecule has 0 bridgehead atoms. The van der Waals surface area contributed by atoms with Crippen LogP contribution in [0.3, 0.4) is 0 Å². The second-order valence-corrected chi connectivity index (χ2v) is 7.45.